The van der Waals surface area contributed by atoms with Crippen molar-refractivity contribution in [2.24, 2.45) is 0 Å². The third kappa shape index (κ3) is 5.20. The summed E-state index contributed by atoms with van der Waals surface area (Å²) in [4.78, 5) is 39.8. The molecule has 0 saturated heterocycles. The minimum absolute atomic E-state index is 0.0118. The van der Waals surface area contributed by atoms with Crippen LogP contribution in [0.5, 0.6) is 17.4 Å². The number of hydrogen-bond acceptors (Lipinski definition) is 7. The molecule has 9 nitrogen and oxygen atoms in total. The number of carbonyl (C=O) groups excluding carboxylic acids is 1. The monoisotopic (exact) mass is 502 g/mol. The Kier molecular flexibility index (Phi) is 6.96. The van der Waals surface area contributed by atoms with E-state index in [0.717, 1.165) is 6.07 Å². The Balaban J connectivity index is 2.07. The summed E-state index contributed by atoms with van der Waals surface area (Å²) in [7, 11) is 0. The number of nitrogen functional groups attached to an aromatic ring is 1. The Morgan fingerprint density at radius 2 is 1.91 bits per heavy atom. The smallest absolute Gasteiger partial charge is 0.433 e. The number of benzene rings is 1. The lowest BCUT2D eigenvalue weighted by Crippen LogP contribution is -2.45. The molecule has 0 unspecified atom stereocenters. The number of pyridine rings is 1. The molecule has 3 aromatic rings. The first kappa shape index (κ1) is 24.8. The van der Waals surface area contributed by atoms with E-state index >= 15 is 0 Å². The van der Waals surface area contributed by atoms with Crippen LogP contribution in [0.1, 0.15) is 19.0 Å². The molecule has 14 heteroatoms. The number of ether oxygens (including phenoxy) is 2. The van der Waals surface area contributed by atoms with E-state index in [2.05, 4.69) is 4.98 Å². The fourth-order valence-corrected chi connectivity index (χ4v) is 2.93. The van der Waals surface area contributed by atoms with Crippen molar-refractivity contribution in [2.75, 3.05) is 12.4 Å². The molecule has 1 aromatic carbocycles. The van der Waals surface area contributed by atoms with Crippen molar-refractivity contribution in [3.05, 3.63) is 73.9 Å². The highest BCUT2D eigenvalue weighted by Gasteiger charge is 2.36. The van der Waals surface area contributed by atoms with Gasteiger partial charge in [-0.1, -0.05) is 11.6 Å². The lowest BCUT2D eigenvalue weighted by atomic mass is 10.2. The summed E-state index contributed by atoms with van der Waals surface area (Å²) in [6.07, 6.45) is -3.63. The molecule has 0 saturated carbocycles. The van der Waals surface area contributed by atoms with E-state index < -0.39 is 34.6 Å². The Labute approximate surface area is 192 Å². The molecule has 0 amide bonds. The highest BCUT2D eigenvalue weighted by molar-refractivity contribution is 6.32. The van der Waals surface area contributed by atoms with Gasteiger partial charge in [0.1, 0.15) is 17.3 Å². The van der Waals surface area contributed by atoms with Crippen LogP contribution >= 0.6 is 11.6 Å². The highest BCUT2D eigenvalue weighted by Crippen LogP contribution is 2.36. The topological polar surface area (TPSA) is 118 Å². The number of alkyl halides is 3. The third-order valence-electron chi connectivity index (χ3n) is 4.32. The average molecular weight is 503 g/mol. The van der Waals surface area contributed by atoms with Gasteiger partial charge in [0.05, 0.1) is 17.3 Å². The fourth-order valence-electron chi connectivity index (χ4n) is 2.74. The zero-order valence-corrected chi connectivity index (χ0v) is 18.0. The van der Waals surface area contributed by atoms with Crippen LogP contribution in [0, 0.1) is 5.82 Å². The molecular formula is C20H15ClF4N4O5. The van der Waals surface area contributed by atoms with Gasteiger partial charge in [0.25, 0.3) is 11.4 Å². The predicted molar refractivity (Wildman–Crippen MR) is 112 cm³/mol. The number of halogens is 5. The van der Waals surface area contributed by atoms with Crippen LogP contribution in [-0.4, -0.2) is 26.6 Å². The van der Waals surface area contributed by atoms with E-state index in [0.29, 0.717) is 6.07 Å². The van der Waals surface area contributed by atoms with Gasteiger partial charge in [-0.15, -0.1) is 0 Å². The van der Waals surface area contributed by atoms with E-state index in [1.165, 1.54) is 25.3 Å². The van der Waals surface area contributed by atoms with Gasteiger partial charge in [-0.3, -0.25) is 9.59 Å². The molecule has 2 heterocycles. The lowest BCUT2D eigenvalue weighted by Gasteiger charge is -2.16. The van der Waals surface area contributed by atoms with Crippen molar-refractivity contribution >= 4 is 17.4 Å². The zero-order valence-electron chi connectivity index (χ0n) is 17.2. The Bertz CT molecular complexity index is 1370. The van der Waals surface area contributed by atoms with Crippen LogP contribution < -0.4 is 26.6 Å². The average Bonchev–Trinajstić information content (AvgIpc) is 2.74. The van der Waals surface area contributed by atoms with Crippen molar-refractivity contribution in [3.8, 4) is 23.1 Å². The van der Waals surface area contributed by atoms with E-state index in [1.807, 2.05) is 0 Å². The molecule has 180 valence electrons. The summed E-state index contributed by atoms with van der Waals surface area (Å²) in [5, 5.41) is -0.298. The normalized spacial score (nSPS) is 11.4. The lowest BCUT2D eigenvalue weighted by molar-refractivity contribution is -0.143. The van der Waals surface area contributed by atoms with E-state index in [-0.39, 0.29) is 56.5 Å². The molecule has 0 aliphatic carbocycles. The Hall–Kier alpha value is -3.87. The number of hydrogen-bond donors (Lipinski definition) is 1. The van der Waals surface area contributed by atoms with Gasteiger partial charge in [-0.2, -0.15) is 13.2 Å². The second-order valence-corrected chi connectivity index (χ2v) is 7.20. The minimum atomic E-state index is -5.10. The largest absolute Gasteiger partial charge is 0.475 e. The van der Waals surface area contributed by atoms with E-state index in [9.17, 15) is 31.9 Å². The molecule has 3 rings (SSSR count). The van der Waals surface area contributed by atoms with Gasteiger partial charge in [0, 0.05) is 24.8 Å². The molecule has 0 atom stereocenters. The summed E-state index contributed by atoms with van der Waals surface area (Å²) in [5.74, 6) is 3.53. The number of Topliss-reactive ketones (excluding diaryl/α,β-unsaturated/α-hetero) is 1. The number of ketones is 1. The van der Waals surface area contributed by atoms with Crippen LogP contribution in [-0.2, 0) is 11.0 Å². The third-order valence-corrected chi connectivity index (χ3v) is 4.61. The summed E-state index contributed by atoms with van der Waals surface area (Å²) < 4.78 is 64.4. The number of aromatic nitrogens is 3. The van der Waals surface area contributed by atoms with E-state index in [1.54, 1.807) is 0 Å². The number of carbonyl (C=O) groups is 1. The van der Waals surface area contributed by atoms with Crippen molar-refractivity contribution in [3.63, 3.8) is 0 Å². The zero-order chi connectivity index (χ0) is 25.2. The molecule has 2 N–H and O–H groups in total. The molecule has 0 aliphatic heterocycles. The molecule has 34 heavy (non-hydrogen) atoms. The van der Waals surface area contributed by atoms with Crippen molar-refractivity contribution < 1.29 is 31.8 Å². The second-order valence-electron chi connectivity index (χ2n) is 6.80. The summed E-state index contributed by atoms with van der Waals surface area (Å²) in [5.41, 5.74) is -5.61. The SMILES string of the molecule is CC(=O)CCOc1ncccc1Oc1cc(-n2c(=O)cc(C(F)(F)F)n(N)c2=O)c(F)cc1Cl. The first-order valence-corrected chi connectivity index (χ1v) is 9.74. The standard InChI is InChI=1S/C20H15ClF4N4O5/c1-10(30)4-6-33-18-14(3-2-5-27-18)34-15-8-13(12(22)7-11(15)21)28-17(31)9-16(20(23,24)25)29(26)19(28)32/h2-3,5,7-9H,4,6,26H2,1H3. The van der Waals surface area contributed by atoms with Gasteiger partial charge in [0.2, 0.25) is 0 Å². The first-order valence-electron chi connectivity index (χ1n) is 9.36. The number of nitrogens with zero attached hydrogens (tertiary/aromatic N) is 3. The van der Waals surface area contributed by atoms with Gasteiger partial charge in [-0.25, -0.2) is 23.4 Å². The van der Waals surface area contributed by atoms with E-state index in [4.69, 9.17) is 26.9 Å². The van der Waals surface area contributed by atoms with Gasteiger partial charge < -0.3 is 15.3 Å². The van der Waals surface area contributed by atoms with Crippen LogP contribution in [0.3, 0.4) is 0 Å². The quantitative estimate of drug-likeness (QED) is 0.389. The van der Waals surface area contributed by atoms with Gasteiger partial charge in [-0.05, 0) is 25.1 Å². The maximum Gasteiger partial charge on any atom is 0.433 e. The summed E-state index contributed by atoms with van der Waals surface area (Å²) in [6, 6.07) is 4.47. The first-order chi connectivity index (χ1) is 15.9. The molecular weight excluding hydrogens is 488 g/mol. The maximum absolute atomic E-state index is 14.6. The molecule has 2 aromatic heterocycles. The Morgan fingerprint density at radius 1 is 1.21 bits per heavy atom. The summed E-state index contributed by atoms with van der Waals surface area (Å²) in [6.45, 7) is 1.36. The maximum atomic E-state index is 14.6. The highest BCUT2D eigenvalue weighted by atomic mass is 35.5. The molecule has 0 bridgehead atoms. The molecule has 0 aliphatic rings. The Morgan fingerprint density at radius 3 is 2.56 bits per heavy atom. The van der Waals surface area contributed by atoms with Crippen LogP contribution in [0.15, 0.2) is 46.1 Å². The minimum Gasteiger partial charge on any atom is -0.475 e. The van der Waals surface area contributed by atoms with Crippen LogP contribution in [0.4, 0.5) is 17.6 Å². The molecule has 0 radical (unpaired) electrons. The second kappa shape index (κ2) is 9.55. The molecule has 0 spiro atoms. The van der Waals surface area contributed by atoms with Crippen molar-refractivity contribution in [1.82, 2.24) is 14.2 Å². The number of rotatable bonds is 7. The fraction of sp³-hybridized carbons (Fsp3) is 0.200. The van der Waals surface area contributed by atoms with Crippen molar-refractivity contribution in [2.45, 2.75) is 19.5 Å². The van der Waals surface area contributed by atoms with Crippen LogP contribution in [0.25, 0.3) is 5.69 Å². The predicted octanol–water partition coefficient (Wildman–Crippen LogP) is 3.07. The van der Waals surface area contributed by atoms with Gasteiger partial charge >= 0.3 is 11.9 Å². The van der Waals surface area contributed by atoms with Crippen LogP contribution in [0.2, 0.25) is 5.02 Å². The number of nitrogens with two attached hydrogens (primary N) is 1. The summed E-state index contributed by atoms with van der Waals surface area (Å²) >= 11 is 6.02. The molecule has 0 fully saturated rings. The van der Waals surface area contributed by atoms with Gasteiger partial charge in [0.15, 0.2) is 11.4 Å². The van der Waals surface area contributed by atoms with Crippen molar-refractivity contribution in [1.29, 1.82) is 0 Å².